The van der Waals surface area contributed by atoms with E-state index in [1.165, 1.54) is 4.90 Å². The minimum Gasteiger partial charge on any atom is -0.362 e. The van der Waals surface area contributed by atoms with Crippen LogP contribution in [0.4, 0.5) is 23.2 Å². The maximum Gasteiger partial charge on any atom is 0.253 e. The second-order valence-corrected chi connectivity index (χ2v) is 4.61. The summed E-state index contributed by atoms with van der Waals surface area (Å²) < 4.78 is 53.7. The van der Waals surface area contributed by atoms with Gasteiger partial charge in [-0.2, -0.15) is 22.5 Å². The van der Waals surface area contributed by atoms with E-state index >= 15 is 0 Å². The second kappa shape index (κ2) is 4.77. The molecule has 3 rings (SSSR count). The number of nitrogens with zero attached hydrogens (tertiary/aromatic N) is 2. The molecule has 0 radical (unpaired) electrons. The summed E-state index contributed by atoms with van der Waals surface area (Å²) >= 11 is 0. The highest BCUT2D eigenvalue weighted by Crippen LogP contribution is 2.30. The van der Waals surface area contributed by atoms with Crippen LogP contribution in [0.2, 0.25) is 0 Å². The van der Waals surface area contributed by atoms with Crippen LogP contribution in [0.25, 0.3) is 0 Å². The van der Waals surface area contributed by atoms with Gasteiger partial charge in [0, 0.05) is 13.1 Å². The first kappa shape index (κ1) is 12.9. The van der Waals surface area contributed by atoms with Crippen molar-refractivity contribution in [1.82, 2.24) is 4.98 Å². The fourth-order valence-corrected chi connectivity index (χ4v) is 2.44. The molecule has 2 heterocycles. The zero-order valence-electron chi connectivity index (χ0n) is 10.3. The molecule has 0 bridgehead atoms. The molecular formula is C14H10F4N2. The lowest BCUT2D eigenvalue weighted by atomic mass is 9.99. The van der Waals surface area contributed by atoms with E-state index < -0.39 is 29.2 Å². The molecule has 0 spiro atoms. The van der Waals surface area contributed by atoms with Gasteiger partial charge < -0.3 is 4.90 Å². The molecule has 20 heavy (non-hydrogen) atoms. The smallest absolute Gasteiger partial charge is 0.253 e. The molecule has 0 saturated carbocycles. The molecule has 1 aliphatic heterocycles. The number of hydrogen-bond acceptors (Lipinski definition) is 2. The first-order valence-electron chi connectivity index (χ1n) is 6.09. The van der Waals surface area contributed by atoms with E-state index in [0.717, 1.165) is 11.1 Å². The SMILES string of the molecule is Fc1nc(F)c(F)c(N2CCc3ccccc3C2)c1F. The van der Waals surface area contributed by atoms with Crippen LogP contribution in [0.15, 0.2) is 24.3 Å². The van der Waals surface area contributed by atoms with Gasteiger partial charge in [0.25, 0.3) is 11.9 Å². The van der Waals surface area contributed by atoms with E-state index in [0.29, 0.717) is 6.42 Å². The number of aromatic nitrogens is 1. The number of pyridine rings is 1. The summed E-state index contributed by atoms with van der Waals surface area (Å²) in [5, 5.41) is 0. The predicted octanol–water partition coefficient (Wildman–Crippen LogP) is 3.20. The normalized spacial score (nSPS) is 14.3. The zero-order valence-corrected chi connectivity index (χ0v) is 10.3. The summed E-state index contributed by atoms with van der Waals surface area (Å²) in [6.07, 6.45) is 0.556. The number of fused-ring (bicyclic) bond motifs is 1. The summed E-state index contributed by atoms with van der Waals surface area (Å²) in [6, 6.07) is 7.43. The van der Waals surface area contributed by atoms with Crippen molar-refractivity contribution in [2.75, 3.05) is 11.4 Å². The average molecular weight is 282 g/mol. The Bertz CT molecular complexity index is 646. The third-order valence-electron chi connectivity index (χ3n) is 3.42. The number of rotatable bonds is 1. The van der Waals surface area contributed by atoms with Crippen molar-refractivity contribution in [3.05, 3.63) is 58.9 Å². The molecule has 0 amide bonds. The Kier molecular flexibility index (Phi) is 3.08. The van der Waals surface area contributed by atoms with Crippen LogP contribution in [0.3, 0.4) is 0 Å². The monoisotopic (exact) mass is 282 g/mol. The van der Waals surface area contributed by atoms with E-state index in [1.54, 1.807) is 0 Å². The van der Waals surface area contributed by atoms with E-state index in [4.69, 9.17) is 0 Å². The van der Waals surface area contributed by atoms with Crippen LogP contribution in [0.5, 0.6) is 0 Å². The van der Waals surface area contributed by atoms with Gasteiger partial charge >= 0.3 is 0 Å². The molecule has 0 fully saturated rings. The van der Waals surface area contributed by atoms with Crippen molar-refractivity contribution in [1.29, 1.82) is 0 Å². The van der Waals surface area contributed by atoms with Crippen molar-refractivity contribution in [2.24, 2.45) is 0 Å². The lowest BCUT2D eigenvalue weighted by molar-refractivity contribution is 0.404. The van der Waals surface area contributed by atoms with Gasteiger partial charge in [0.2, 0.25) is 11.6 Å². The standard InChI is InChI=1S/C14H10F4N2/c15-10-12(11(16)14(18)19-13(10)17)20-6-5-8-3-1-2-4-9(8)7-20/h1-4H,5-7H2. The molecule has 0 atom stereocenters. The molecule has 1 aromatic heterocycles. The Morgan fingerprint density at radius 1 is 0.900 bits per heavy atom. The maximum absolute atomic E-state index is 13.7. The molecule has 0 N–H and O–H groups in total. The minimum absolute atomic E-state index is 0.201. The summed E-state index contributed by atoms with van der Waals surface area (Å²) in [7, 11) is 0. The summed E-state index contributed by atoms with van der Waals surface area (Å²) in [5.41, 5.74) is 1.26. The van der Waals surface area contributed by atoms with Crippen molar-refractivity contribution in [3.8, 4) is 0 Å². The lowest BCUT2D eigenvalue weighted by Crippen LogP contribution is -2.32. The molecule has 2 aromatic rings. The largest absolute Gasteiger partial charge is 0.362 e. The van der Waals surface area contributed by atoms with Gasteiger partial charge in [-0.1, -0.05) is 24.3 Å². The third kappa shape index (κ3) is 2.01. The van der Waals surface area contributed by atoms with Crippen LogP contribution >= 0.6 is 0 Å². The fourth-order valence-electron chi connectivity index (χ4n) is 2.44. The maximum atomic E-state index is 13.7. The third-order valence-corrected chi connectivity index (χ3v) is 3.42. The number of benzene rings is 1. The van der Waals surface area contributed by atoms with E-state index in [-0.39, 0.29) is 13.1 Å². The molecule has 0 unspecified atom stereocenters. The quantitative estimate of drug-likeness (QED) is 0.590. The highest BCUT2D eigenvalue weighted by molar-refractivity contribution is 5.51. The van der Waals surface area contributed by atoms with Crippen LogP contribution in [0.1, 0.15) is 11.1 Å². The molecule has 104 valence electrons. The number of anilines is 1. The number of halogens is 4. The van der Waals surface area contributed by atoms with Crippen molar-refractivity contribution < 1.29 is 17.6 Å². The molecule has 0 saturated heterocycles. The minimum atomic E-state index is -1.63. The van der Waals surface area contributed by atoms with Gasteiger partial charge in [-0.15, -0.1) is 0 Å². The highest BCUT2D eigenvalue weighted by Gasteiger charge is 2.27. The first-order chi connectivity index (χ1) is 9.58. The van der Waals surface area contributed by atoms with E-state index in [1.807, 2.05) is 24.3 Å². The highest BCUT2D eigenvalue weighted by atomic mass is 19.2. The topological polar surface area (TPSA) is 16.1 Å². The molecule has 6 heteroatoms. The van der Waals surface area contributed by atoms with Crippen LogP contribution in [0, 0.1) is 23.5 Å². The Morgan fingerprint density at radius 3 is 2.15 bits per heavy atom. The van der Waals surface area contributed by atoms with E-state index in [2.05, 4.69) is 4.98 Å². The molecule has 1 aromatic carbocycles. The van der Waals surface area contributed by atoms with Gasteiger partial charge in [0.15, 0.2) is 0 Å². The summed E-state index contributed by atoms with van der Waals surface area (Å²) in [6.45, 7) is 0.487. The van der Waals surface area contributed by atoms with Gasteiger partial charge in [0.05, 0.1) is 0 Å². The first-order valence-corrected chi connectivity index (χ1v) is 6.09. The number of hydrogen-bond donors (Lipinski definition) is 0. The van der Waals surface area contributed by atoms with Gasteiger partial charge in [-0.05, 0) is 17.5 Å². The Hall–Kier alpha value is -2.11. The molecule has 1 aliphatic rings. The van der Waals surface area contributed by atoms with Gasteiger partial charge in [-0.3, -0.25) is 0 Å². The molecule has 0 aliphatic carbocycles. The van der Waals surface area contributed by atoms with Gasteiger partial charge in [-0.25, -0.2) is 0 Å². The lowest BCUT2D eigenvalue weighted by Gasteiger charge is -2.31. The van der Waals surface area contributed by atoms with Gasteiger partial charge in [0.1, 0.15) is 5.69 Å². The molecule has 2 nitrogen and oxygen atoms in total. The van der Waals surface area contributed by atoms with Crippen molar-refractivity contribution in [2.45, 2.75) is 13.0 Å². The van der Waals surface area contributed by atoms with Crippen LogP contribution < -0.4 is 4.90 Å². The van der Waals surface area contributed by atoms with Crippen LogP contribution in [-0.4, -0.2) is 11.5 Å². The Balaban J connectivity index is 2.04. The molecular weight excluding hydrogens is 272 g/mol. The average Bonchev–Trinajstić information content (AvgIpc) is 2.45. The van der Waals surface area contributed by atoms with Crippen LogP contribution in [-0.2, 0) is 13.0 Å². The Morgan fingerprint density at radius 2 is 1.50 bits per heavy atom. The summed E-state index contributed by atoms with van der Waals surface area (Å²) in [4.78, 5) is 3.85. The fraction of sp³-hybridized carbons (Fsp3) is 0.214. The zero-order chi connectivity index (χ0) is 14.3. The van der Waals surface area contributed by atoms with Crippen molar-refractivity contribution in [3.63, 3.8) is 0 Å². The van der Waals surface area contributed by atoms with Crippen molar-refractivity contribution >= 4 is 5.69 Å². The summed E-state index contributed by atoms with van der Waals surface area (Å²) in [5.74, 6) is -6.16. The second-order valence-electron chi connectivity index (χ2n) is 4.61. The Labute approximate surface area is 112 Å². The predicted molar refractivity (Wildman–Crippen MR) is 65.3 cm³/mol. The van der Waals surface area contributed by atoms with E-state index in [9.17, 15) is 17.6 Å².